The summed E-state index contributed by atoms with van der Waals surface area (Å²) in [5.74, 6) is 0.0817. The Kier molecular flexibility index (Phi) is 7.62. The van der Waals surface area contributed by atoms with E-state index in [2.05, 4.69) is 15.1 Å². The van der Waals surface area contributed by atoms with Gasteiger partial charge < -0.3 is 14.4 Å². The van der Waals surface area contributed by atoms with Gasteiger partial charge in [-0.15, -0.1) is 10.2 Å². The number of carbonyl (C=O) groups is 1. The largest absolute Gasteiger partial charge is 0.336 e. The van der Waals surface area contributed by atoms with E-state index >= 15 is 0 Å². The van der Waals surface area contributed by atoms with E-state index in [-0.39, 0.29) is 11.2 Å². The normalized spacial score (nSPS) is 15.7. The Morgan fingerprint density at radius 2 is 2.04 bits per heavy atom. The number of halogens is 2. The lowest BCUT2D eigenvalue weighted by atomic mass is 10.2. The van der Waals surface area contributed by atoms with Gasteiger partial charge in [0.1, 0.15) is 6.33 Å². The van der Waals surface area contributed by atoms with Gasteiger partial charge >= 0.3 is 0 Å². The summed E-state index contributed by atoms with van der Waals surface area (Å²) in [6.45, 7) is 6.21. The Hall–Kier alpha value is -1.28. The fourth-order valence-electron chi connectivity index (χ4n) is 3.24. The van der Waals surface area contributed by atoms with Gasteiger partial charge in [-0.1, -0.05) is 41.0 Å². The van der Waals surface area contributed by atoms with Crippen LogP contribution in [-0.4, -0.2) is 61.9 Å². The van der Waals surface area contributed by atoms with Crippen molar-refractivity contribution in [3.63, 3.8) is 0 Å². The van der Waals surface area contributed by atoms with Crippen molar-refractivity contribution in [2.75, 3.05) is 26.2 Å². The highest BCUT2D eigenvalue weighted by Crippen LogP contribution is 2.25. The molecule has 28 heavy (non-hydrogen) atoms. The van der Waals surface area contributed by atoms with Crippen LogP contribution < -0.4 is 0 Å². The molecule has 3 rings (SSSR count). The fraction of sp³-hybridized carbons (Fsp3) is 0.526. The molecule has 1 aromatic heterocycles. The number of hydrogen-bond acceptors (Lipinski definition) is 5. The fourth-order valence-corrected chi connectivity index (χ4v) is 4.43. The zero-order valence-electron chi connectivity index (χ0n) is 16.1. The first-order valence-electron chi connectivity index (χ1n) is 9.40. The first-order chi connectivity index (χ1) is 13.4. The average molecular weight is 442 g/mol. The smallest absolute Gasteiger partial charge is 0.236 e. The minimum atomic E-state index is -0.260. The van der Waals surface area contributed by atoms with Gasteiger partial charge in [0.15, 0.2) is 5.16 Å². The standard InChI is InChI=1S/C19H25Cl2N5OS/c1-14(28-19-23-22-13-24(19)2)18(27)26(10-9-25-7-3-4-8-25)12-15-5-6-16(20)17(21)11-15/h5-6,11,13-14H,3-4,7-10,12H2,1-2H3. The van der Waals surface area contributed by atoms with Crippen molar-refractivity contribution in [3.05, 3.63) is 40.1 Å². The van der Waals surface area contributed by atoms with E-state index in [1.54, 1.807) is 12.4 Å². The van der Waals surface area contributed by atoms with Gasteiger partial charge in [-0.3, -0.25) is 4.79 Å². The summed E-state index contributed by atoms with van der Waals surface area (Å²) >= 11 is 13.6. The number of hydrogen-bond donors (Lipinski definition) is 0. The number of carbonyl (C=O) groups excluding carboxylic acids is 1. The molecule has 1 aliphatic rings. The SMILES string of the molecule is CC(Sc1nncn1C)C(=O)N(CCN1CCCC1)Cc1ccc(Cl)c(Cl)c1. The molecule has 0 spiro atoms. The van der Waals surface area contributed by atoms with Crippen LogP contribution in [-0.2, 0) is 18.4 Å². The molecule has 1 amide bonds. The first kappa shape index (κ1) is 21.4. The molecule has 0 aliphatic carbocycles. The maximum atomic E-state index is 13.2. The summed E-state index contributed by atoms with van der Waals surface area (Å²) in [7, 11) is 1.88. The van der Waals surface area contributed by atoms with Gasteiger partial charge in [-0.05, 0) is 50.6 Å². The van der Waals surface area contributed by atoms with Crippen LogP contribution in [0.25, 0.3) is 0 Å². The molecule has 1 atom stereocenters. The minimum Gasteiger partial charge on any atom is -0.336 e. The molecular formula is C19H25Cl2N5OS. The topological polar surface area (TPSA) is 54.3 Å². The molecule has 1 unspecified atom stereocenters. The van der Waals surface area contributed by atoms with Crippen LogP contribution in [0, 0.1) is 0 Å². The van der Waals surface area contributed by atoms with E-state index in [1.807, 2.05) is 35.6 Å². The predicted octanol–water partition coefficient (Wildman–Crippen LogP) is 3.73. The van der Waals surface area contributed by atoms with Crippen molar-refractivity contribution in [3.8, 4) is 0 Å². The van der Waals surface area contributed by atoms with E-state index in [4.69, 9.17) is 23.2 Å². The van der Waals surface area contributed by atoms with Crippen molar-refractivity contribution < 1.29 is 4.79 Å². The van der Waals surface area contributed by atoms with E-state index in [0.29, 0.717) is 23.1 Å². The molecule has 1 fully saturated rings. The Balaban J connectivity index is 1.70. The Labute approximate surface area is 180 Å². The Morgan fingerprint density at radius 3 is 2.68 bits per heavy atom. The van der Waals surface area contributed by atoms with Gasteiger partial charge in [0.25, 0.3) is 0 Å². The third-order valence-corrected chi connectivity index (χ3v) is 6.73. The summed E-state index contributed by atoms with van der Waals surface area (Å²) in [5.41, 5.74) is 0.972. The van der Waals surface area contributed by atoms with Crippen molar-refractivity contribution in [1.29, 1.82) is 0 Å². The molecule has 6 nitrogen and oxygen atoms in total. The molecular weight excluding hydrogens is 417 g/mol. The lowest BCUT2D eigenvalue weighted by Crippen LogP contribution is -2.41. The number of thioether (sulfide) groups is 1. The summed E-state index contributed by atoms with van der Waals surface area (Å²) in [4.78, 5) is 17.5. The number of amides is 1. The summed E-state index contributed by atoms with van der Waals surface area (Å²) in [6.07, 6.45) is 4.11. The molecule has 152 valence electrons. The van der Waals surface area contributed by atoms with Crippen LogP contribution in [0.4, 0.5) is 0 Å². The van der Waals surface area contributed by atoms with Crippen LogP contribution in [0.1, 0.15) is 25.3 Å². The number of benzene rings is 1. The third kappa shape index (κ3) is 5.63. The second-order valence-electron chi connectivity index (χ2n) is 7.04. The zero-order chi connectivity index (χ0) is 20.1. The summed E-state index contributed by atoms with van der Waals surface area (Å²) < 4.78 is 1.82. The maximum absolute atomic E-state index is 13.2. The van der Waals surface area contributed by atoms with E-state index in [1.165, 1.54) is 24.6 Å². The highest BCUT2D eigenvalue weighted by molar-refractivity contribution is 8.00. The van der Waals surface area contributed by atoms with Crippen LogP contribution in [0.2, 0.25) is 10.0 Å². The quantitative estimate of drug-likeness (QED) is 0.584. The average Bonchev–Trinajstić information content (AvgIpc) is 3.33. The minimum absolute atomic E-state index is 0.0817. The van der Waals surface area contributed by atoms with Crippen molar-refractivity contribution in [1.82, 2.24) is 24.6 Å². The van der Waals surface area contributed by atoms with E-state index in [9.17, 15) is 4.79 Å². The van der Waals surface area contributed by atoms with Crippen LogP contribution in [0.5, 0.6) is 0 Å². The number of likely N-dealkylation sites (tertiary alicyclic amines) is 1. The van der Waals surface area contributed by atoms with E-state index < -0.39 is 0 Å². The number of rotatable bonds is 8. The molecule has 9 heteroatoms. The number of aromatic nitrogens is 3. The van der Waals surface area contributed by atoms with Gasteiger partial charge in [0.05, 0.1) is 15.3 Å². The predicted molar refractivity (Wildman–Crippen MR) is 114 cm³/mol. The Morgan fingerprint density at radius 1 is 1.29 bits per heavy atom. The van der Waals surface area contributed by atoms with Crippen molar-refractivity contribution in [2.45, 2.75) is 36.7 Å². The molecule has 0 bridgehead atoms. The van der Waals surface area contributed by atoms with Crippen molar-refractivity contribution in [2.24, 2.45) is 7.05 Å². The third-order valence-electron chi connectivity index (χ3n) is 4.85. The molecule has 1 aliphatic heterocycles. The number of nitrogens with zero attached hydrogens (tertiary/aromatic N) is 5. The lowest BCUT2D eigenvalue weighted by molar-refractivity contribution is -0.131. The van der Waals surface area contributed by atoms with Crippen molar-refractivity contribution >= 4 is 40.9 Å². The molecule has 0 saturated carbocycles. The summed E-state index contributed by atoms with van der Waals surface area (Å²) in [6, 6.07) is 5.53. The second-order valence-corrected chi connectivity index (χ2v) is 9.16. The second kappa shape index (κ2) is 9.96. The van der Waals surface area contributed by atoms with Gasteiger partial charge in [-0.2, -0.15) is 0 Å². The molecule has 1 aromatic carbocycles. The van der Waals surface area contributed by atoms with Crippen LogP contribution in [0.15, 0.2) is 29.7 Å². The zero-order valence-corrected chi connectivity index (χ0v) is 18.5. The molecule has 2 heterocycles. The van der Waals surface area contributed by atoms with Gasteiger partial charge in [0, 0.05) is 26.7 Å². The highest BCUT2D eigenvalue weighted by Gasteiger charge is 2.24. The monoisotopic (exact) mass is 441 g/mol. The first-order valence-corrected chi connectivity index (χ1v) is 11.0. The molecule has 2 aromatic rings. The van der Waals surface area contributed by atoms with Gasteiger partial charge in [-0.25, -0.2) is 0 Å². The molecule has 0 N–H and O–H groups in total. The van der Waals surface area contributed by atoms with Crippen LogP contribution in [0.3, 0.4) is 0 Å². The highest BCUT2D eigenvalue weighted by atomic mass is 35.5. The Bertz CT molecular complexity index is 809. The van der Waals surface area contributed by atoms with E-state index in [0.717, 1.165) is 30.4 Å². The molecule has 1 saturated heterocycles. The van der Waals surface area contributed by atoms with Gasteiger partial charge in [0.2, 0.25) is 5.91 Å². The summed E-state index contributed by atoms with van der Waals surface area (Å²) in [5, 5.41) is 9.46. The van der Waals surface area contributed by atoms with Crippen LogP contribution >= 0.6 is 35.0 Å². The molecule has 0 radical (unpaired) electrons. The lowest BCUT2D eigenvalue weighted by Gasteiger charge is -2.28. The maximum Gasteiger partial charge on any atom is 0.236 e. The number of aryl methyl sites for hydroxylation is 1.